The number of piperazine rings is 1. The Hall–Kier alpha value is -4.94. The highest BCUT2D eigenvalue weighted by Crippen LogP contribution is 2.39. The number of likely N-dealkylation sites (tertiary alicyclic amines) is 2. The van der Waals surface area contributed by atoms with E-state index < -0.39 is 0 Å². The summed E-state index contributed by atoms with van der Waals surface area (Å²) in [5.74, 6) is 2.02. The second kappa shape index (κ2) is 15.3. The number of allylic oxidation sites excluding steroid dienone is 1. The van der Waals surface area contributed by atoms with Crippen molar-refractivity contribution >= 4 is 29.1 Å². The third-order valence-electron chi connectivity index (χ3n) is 12.0. The van der Waals surface area contributed by atoms with E-state index in [2.05, 4.69) is 73.8 Å². The molecule has 0 unspecified atom stereocenters. The lowest BCUT2D eigenvalue weighted by atomic mass is 9.85. The summed E-state index contributed by atoms with van der Waals surface area (Å²) in [5, 5.41) is 15.3. The molecule has 0 saturated carbocycles. The zero-order valence-corrected chi connectivity index (χ0v) is 32.9. The van der Waals surface area contributed by atoms with Crippen LogP contribution in [0.3, 0.4) is 0 Å². The second-order valence-corrected chi connectivity index (χ2v) is 17.0. The number of piperidine rings is 1. The molecular formula is C43H56N10O2. The number of carbonyl (C=O) groups excluding carboxylic acids is 1. The highest BCUT2D eigenvalue weighted by atomic mass is 16.5. The van der Waals surface area contributed by atoms with Gasteiger partial charge in [-0.05, 0) is 93.5 Å². The Morgan fingerprint density at radius 1 is 1.00 bits per heavy atom. The van der Waals surface area contributed by atoms with Crippen molar-refractivity contribution in [1.29, 1.82) is 0 Å². The molecule has 0 spiro atoms. The molecule has 290 valence electrons. The van der Waals surface area contributed by atoms with Crippen molar-refractivity contribution in [2.75, 3.05) is 31.6 Å². The minimum atomic E-state index is -0.332. The molecule has 12 heteroatoms. The summed E-state index contributed by atoms with van der Waals surface area (Å²) in [6.07, 6.45) is 9.86. The van der Waals surface area contributed by atoms with Gasteiger partial charge in [0.1, 0.15) is 17.7 Å². The number of amidine groups is 1. The van der Waals surface area contributed by atoms with Gasteiger partial charge in [0.2, 0.25) is 5.95 Å². The quantitative estimate of drug-likeness (QED) is 0.132. The highest BCUT2D eigenvalue weighted by Gasteiger charge is 2.41. The number of nitrogens with two attached hydrogens (primary N) is 1. The highest BCUT2D eigenvalue weighted by molar-refractivity contribution is 6.05. The summed E-state index contributed by atoms with van der Waals surface area (Å²) in [6.45, 7) is 12.5. The number of aliphatic imine (C=N–C) groups is 1. The lowest BCUT2D eigenvalue weighted by Crippen LogP contribution is -2.43. The molecule has 2 aromatic heterocycles. The molecule has 0 radical (unpaired) electrons. The van der Waals surface area contributed by atoms with E-state index >= 15 is 0 Å². The smallest absolute Gasteiger partial charge is 0.320 e. The number of hydrogen-bond donors (Lipinski definition) is 3. The van der Waals surface area contributed by atoms with Crippen molar-refractivity contribution < 1.29 is 9.53 Å². The van der Waals surface area contributed by atoms with Gasteiger partial charge in [0.05, 0.1) is 17.9 Å². The lowest BCUT2D eigenvalue weighted by Gasteiger charge is -2.33. The number of nitrogens with zero attached hydrogens (tertiary/aromatic N) is 7. The minimum absolute atomic E-state index is 0.167. The second-order valence-electron chi connectivity index (χ2n) is 17.0. The fraction of sp³-hybridized carbons (Fsp3) is 0.488. The fourth-order valence-corrected chi connectivity index (χ4v) is 8.72. The van der Waals surface area contributed by atoms with Gasteiger partial charge in [0.25, 0.3) is 0 Å². The number of ether oxygens (including phenoxy) is 1. The fourth-order valence-electron chi connectivity index (χ4n) is 8.72. The standard InChI is InChI=1S/C43H56N10O2/c1-28-11-8-9-20-52(28)42-49-48-40-19-16-33(27-53(40)42)55-37-18-17-36(34-14-6-7-15-35(34)37)46-41(54)47-39(23-38(44)43(2,3)4)45-30-13-10-12-29(21-30)24-51-26-31-22-32(51)25-50(31)5/h6-7,10,12-16,19,21,23,27-28,31-32,36-37H,8-9,11,17-18,20,22,24-26,44H2,1-5H3,(H2,45,46,47,54)/b38-23-/t28-,31-,32-,36-,37+/m0/s1. The molecule has 8 rings (SSSR count). The van der Waals surface area contributed by atoms with Crippen LogP contribution in [0.2, 0.25) is 0 Å². The van der Waals surface area contributed by atoms with E-state index in [0.29, 0.717) is 36.1 Å². The van der Waals surface area contributed by atoms with E-state index in [0.717, 1.165) is 79.6 Å². The van der Waals surface area contributed by atoms with Crippen LogP contribution in [0, 0.1) is 5.41 Å². The number of fused-ring (bicyclic) bond motifs is 4. The Kier molecular flexibility index (Phi) is 10.3. The lowest BCUT2D eigenvalue weighted by molar-refractivity contribution is 0.143. The summed E-state index contributed by atoms with van der Waals surface area (Å²) in [6, 6.07) is 21.6. The number of anilines is 1. The topological polar surface area (TPSA) is 129 Å². The zero-order valence-electron chi connectivity index (χ0n) is 32.9. The first-order valence-electron chi connectivity index (χ1n) is 20.0. The first kappa shape index (κ1) is 37.0. The van der Waals surface area contributed by atoms with Gasteiger partial charge in [-0.25, -0.2) is 9.79 Å². The molecule has 4 aliphatic rings. The molecular weight excluding hydrogens is 689 g/mol. The van der Waals surface area contributed by atoms with Crippen molar-refractivity contribution in [2.45, 2.75) is 103 Å². The molecule has 4 N–H and O–H groups in total. The number of rotatable bonds is 8. The molecule has 4 aromatic rings. The van der Waals surface area contributed by atoms with Gasteiger partial charge in [0.15, 0.2) is 5.65 Å². The number of carbonyl (C=O) groups is 1. The molecule has 3 fully saturated rings. The van der Waals surface area contributed by atoms with Crippen LogP contribution in [-0.2, 0) is 6.54 Å². The number of likely N-dealkylation sites (N-methyl/N-ethyl adjacent to an activating group) is 1. The third-order valence-corrected chi connectivity index (χ3v) is 12.0. The maximum atomic E-state index is 13.8. The van der Waals surface area contributed by atoms with Gasteiger partial charge in [0, 0.05) is 61.5 Å². The number of aromatic nitrogens is 3. The number of urea groups is 1. The van der Waals surface area contributed by atoms with Crippen molar-refractivity contribution in [2.24, 2.45) is 16.1 Å². The molecule has 2 amide bonds. The van der Waals surface area contributed by atoms with Crippen molar-refractivity contribution in [3.63, 3.8) is 0 Å². The van der Waals surface area contributed by atoms with Crippen LogP contribution in [0.4, 0.5) is 16.4 Å². The summed E-state index contributed by atoms with van der Waals surface area (Å²) in [7, 11) is 2.23. The van der Waals surface area contributed by atoms with Crippen molar-refractivity contribution in [3.8, 4) is 5.75 Å². The number of benzene rings is 2. The maximum Gasteiger partial charge on any atom is 0.320 e. The summed E-state index contributed by atoms with van der Waals surface area (Å²) in [5.41, 5.74) is 11.8. The zero-order chi connectivity index (χ0) is 38.3. The Bertz CT molecular complexity index is 2080. The van der Waals surface area contributed by atoms with Gasteiger partial charge in [-0.15, -0.1) is 10.2 Å². The molecule has 1 aliphatic carbocycles. The molecule has 2 bridgehead atoms. The average molecular weight is 745 g/mol. The molecule has 3 saturated heterocycles. The molecule has 55 heavy (non-hydrogen) atoms. The molecule has 2 aromatic carbocycles. The van der Waals surface area contributed by atoms with Crippen LogP contribution in [-0.4, -0.2) is 81.1 Å². The van der Waals surface area contributed by atoms with Gasteiger partial charge < -0.3 is 25.6 Å². The van der Waals surface area contributed by atoms with E-state index in [-0.39, 0.29) is 23.6 Å². The monoisotopic (exact) mass is 744 g/mol. The molecule has 12 nitrogen and oxygen atoms in total. The van der Waals surface area contributed by atoms with Gasteiger partial charge >= 0.3 is 6.03 Å². The van der Waals surface area contributed by atoms with Gasteiger partial charge in [-0.2, -0.15) is 0 Å². The Morgan fingerprint density at radius 2 is 1.84 bits per heavy atom. The van der Waals surface area contributed by atoms with Gasteiger partial charge in [-0.1, -0.05) is 57.2 Å². The summed E-state index contributed by atoms with van der Waals surface area (Å²) < 4.78 is 8.74. The summed E-state index contributed by atoms with van der Waals surface area (Å²) in [4.78, 5) is 26.1. The van der Waals surface area contributed by atoms with E-state index in [4.69, 9.17) is 15.5 Å². The van der Waals surface area contributed by atoms with Crippen LogP contribution in [0.25, 0.3) is 5.65 Å². The van der Waals surface area contributed by atoms with E-state index in [1.165, 1.54) is 18.4 Å². The number of hydrogen-bond acceptors (Lipinski definition) is 9. The molecule has 5 atom stereocenters. The average Bonchev–Trinajstić information content (AvgIpc) is 3.86. The van der Waals surface area contributed by atoms with E-state index in [9.17, 15) is 4.79 Å². The summed E-state index contributed by atoms with van der Waals surface area (Å²) >= 11 is 0. The van der Waals surface area contributed by atoms with Crippen LogP contribution >= 0.6 is 0 Å². The normalized spacial score (nSPS) is 25.0. The number of nitrogens with one attached hydrogen (secondary N) is 2. The molecule has 5 heterocycles. The van der Waals surface area contributed by atoms with Crippen LogP contribution < -0.4 is 26.0 Å². The van der Waals surface area contributed by atoms with Crippen molar-refractivity contribution in [1.82, 2.24) is 35.0 Å². The maximum absolute atomic E-state index is 13.8. The SMILES string of the molecule is C[C@H]1CCCCN1c1nnc2ccc(O[C@@H]3CC[C@H](NC(=O)NC(/C=C(\N)C(C)(C)C)=Nc4cccc(CN5C[C@@H]6C[C@H]5CN6C)c4)c4ccccc43)cn12. The van der Waals surface area contributed by atoms with Crippen LogP contribution in [0.5, 0.6) is 5.75 Å². The van der Waals surface area contributed by atoms with Crippen LogP contribution in [0.1, 0.15) is 95.1 Å². The number of amides is 2. The van der Waals surface area contributed by atoms with E-state index in [1.54, 1.807) is 6.08 Å². The van der Waals surface area contributed by atoms with Crippen LogP contribution in [0.15, 0.2) is 83.6 Å². The largest absolute Gasteiger partial charge is 0.484 e. The third kappa shape index (κ3) is 8.07. The minimum Gasteiger partial charge on any atom is -0.484 e. The van der Waals surface area contributed by atoms with Crippen molar-refractivity contribution in [3.05, 3.63) is 95.3 Å². The first-order chi connectivity index (χ1) is 26.5. The predicted octanol–water partition coefficient (Wildman–Crippen LogP) is 6.87. The van der Waals surface area contributed by atoms with Gasteiger partial charge in [-0.3, -0.25) is 14.6 Å². The molecule has 3 aliphatic heterocycles. The Balaban J connectivity index is 0.972. The Morgan fingerprint density at radius 3 is 2.60 bits per heavy atom. The number of pyridine rings is 1. The predicted molar refractivity (Wildman–Crippen MR) is 218 cm³/mol. The first-order valence-corrected chi connectivity index (χ1v) is 20.0. The Labute approximate surface area is 324 Å². The van der Waals surface area contributed by atoms with E-state index in [1.807, 2.05) is 67.8 Å².